The van der Waals surface area contributed by atoms with Crippen molar-refractivity contribution in [3.63, 3.8) is 0 Å². The number of nitrogens with one attached hydrogen (secondary N) is 1. The first-order valence-corrected chi connectivity index (χ1v) is 6.55. The molecule has 0 saturated carbocycles. The Labute approximate surface area is 112 Å². The minimum Gasteiger partial charge on any atom is -0.393 e. The number of benzene rings is 1. The summed E-state index contributed by atoms with van der Waals surface area (Å²) in [5.41, 5.74) is 0.467. The molecule has 0 bridgehead atoms. The summed E-state index contributed by atoms with van der Waals surface area (Å²) in [6.45, 7) is 3.24. The molecule has 0 aromatic heterocycles. The molecular formula is C14H19FN2O2. The maximum Gasteiger partial charge on any atom is 0.241 e. The molecule has 4 nitrogen and oxygen atoms in total. The summed E-state index contributed by atoms with van der Waals surface area (Å²) >= 11 is 0. The zero-order valence-corrected chi connectivity index (χ0v) is 11.0. The number of hydrogen-bond acceptors (Lipinski definition) is 3. The number of likely N-dealkylation sites (tertiary alicyclic amines) is 1. The molecule has 0 aliphatic carbocycles. The van der Waals surface area contributed by atoms with Crippen LogP contribution in [0.25, 0.3) is 0 Å². The van der Waals surface area contributed by atoms with Crippen LogP contribution in [-0.4, -0.2) is 41.1 Å². The molecule has 1 heterocycles. The molecule has 1 aliphatic heterocycles. The zero-order valence-electron chi connectivity index (χ0n) is 11.0. The van der Waals surface area contributed by atoms with E-state index in [9.17, 15) is 14.3 Å². The van der Waals surface area contributed by atoms with Crippen LogP contribution >= 0.6 is 0 Å². The van der Waals surface area contributed by atoms with E-state index < -0.39 is 0 Å². The van der Waals surface area contributed by atoms with E-state index in [4.69, 9.17) is 0 Å². The summed E-state index contributed by atoms with van der Waals surface area (Å²) in [6.07, 6.45) is 1.13. The standard InChI is InChI=1S/C14H19FN2O2/c1-10(17-7-5-13(18)6-8-17)14(19)16-12-4-2-3-11(15)9-12/h2-4,9-10,13,18H,5-8H2,1H3,(H,16,19). The van der Waals surface area contributed by atoms with Crippen molar-refractivity contribution in [3.8, 4) is 0 Å². The number of halogens is 1. The summed E-state index contributed by atoms with van der Waals surface area (Å²) in [7, 11) is 0. The fraction of sp³-hybridized carbons (Fsp3) is 0.500. The van der Waals surface area contributed by atoms with Gasteiger partial charge in [0, 0.05) is 18.8 Å². The molecular weight excluding hydrogens is 247 g/mol. The molecule has 1 fully saturated rings. The highest BCUT2D eigenvalue weighted by Gasteiger charge is 2.25. The molecule has 1 atom stereocenters. The Morgan fingerprint density at radius 2 is 2.16 bits per heavy atom. The average molecular weight is 266 g/mol. The number of aliphatic hydroxyl groups excluding tert-OH is 1. The van der Waals surface area contributed by atoms with Crippen LogP contribution in [0.4, 0.5) is 10.1 Å². The van der Waals surface area contributed by atoms with Crippen LogP contribution < -0.4 is 5.32 Å². The van der Waals surface area contributed by atoms with Crippen LogP contribution in [0.2, 0.25) is 0 Å². The highest BCUT2D eigenvalue weighted by Crippen LogP contribution is 2.15. The Bertz CT molecular complexity index is 445. The largest absolute Gasteiger partial charge is 0.393 e. The molecule has 1 aliphatic rings. The quantitative estimate of drug-likeness (QED) is 0.874. The van der Waals surface area contributed by atoms with Gasteiger partial charge in [0.05, 0.1) is 12.1 Å². The first-order chi connectivity index (χ1) is 9.06. The third-order valence-electron chi connectivity index (χ3n) is 3.52. The summed E-state index contributed by atoms with van der Waals surface area (Å²) in [6, 6.07) is 5.58. The lowest BCUT2D eigenvalue weighted by molar-refractivity contribution is -0.121. The first-order valence-electron chi connectivity index (χ1n) is 6.55. The van der Waals surface area contributed by atoms with E-state index in [1.54, 1.807) is 12.1 Å². The predicted molar refractivity (Wildman–Crippen MR) is 71.3 cm³/mol. The van der Waals surface area contributed by atoms with E-state index >= 15 is 0 Å². The van der Waals surface area contributed by atoms with Crippen molar-refractivity contribution >= 4 is 11.6 Å². The van der Waals surface area contributed by atoms with Gasteiger partial charge < -0.3 is 10.4 Å². The van der Waals surface area contributed by atoms with Crippen LogP contribution in [0.1, 0.15) is 19.8 Å². The van der Waals surface area contributed by atoms with Crippen molar-refractivity contribution in [2.45, 2.75) is 31.9 Å². The molecule has 1 aromatic carbocycles. The summed E-state index contributed by atoms with van der Waals surface area (Å²) in [4.78, 5) is 14.1. The van der Waals surface area contributed by atoms with Crippen LogP contribution in [0, 0.1) is 5.82 Å². The lowest BCUT2D eigenvalue weighted by Crippen LogP contribution is -2.47. The number of carbonyl (C=O) groups excluding carboxylic acids is 1. The summed E-state index contributed by atoms with van der Waals surface area (Å²) < 4.78 is 13.0. The van der Waals surface area contributed by atoms with E-state index in [0.717, 1.165) is 0 Å². The number of hydrogen-bond donors (Lipinski definition) is 2. The predicted octanol–water partition coefficient (Wildman–Crippen LogP) is 1.61. The smallest absolute Gasteiger partial charge is 0.241 e. The highest BCUT2D eigenvalue weighted by atomic mass is 19.1. The van der Waals surface area contributed by atoms with Crippen LogP contribution in [-0.2, 0) is 4.79 Å². The Morgan fingerprint density at radius 1 is 1.47 bits per heavy atom. The normalized spacial score (nSPS) is 19.1. The number of anilines is 1. The minimum atomic E-state index is -0.369. The maximum absolute atomic E-state index is 13.0. The van der Waals surface area contributed by atoms with Gasteiger partial charge in [0.15, 0.2) is 0 Å². The minimum absolute atomic E-state index is 0.151. The Morgan fingerprint density at radius 3 is 2.79 bits per heavy atom. The molecule has 2 rings (SSSR count). The van der Waals surface area contributed by atoms with Gasteiger partial charge >= 0.3 is 0 Å². The number of nitrogens with zero attached hydrogens (tertiary/aromatic N) is 1. The number of aliphatic hydroxyl groups is 1. The summed E-state index contributed by atoms with van der Waals surface area (Å²) in [5.74, 6) is -0.520. The first kappa shape index (κ1) is 14.0. The van der Waals surface area contributed by atoms with Gasteiger partial charge in [0.1, 0.15) is 5.82 Å². The fourth-order valence-electron chi connectivity index (χ4n) is 2.25. The zero-order chi connectivity index (χ0) is 13.8. The van der Waals surface area contributed by atoms with Crippen molar-refractivity contribution in [1.29, 1.82) is 0 Å². The molecule has 1 aromatic rings. The van der Waals surface area contributed by atoms with Crippen molar-refractivity contribution < 1.29 is 14.3 Å². The number of carbonyl (C=O) groups is 1. The molecule has 5 heteroatoms. The van der Waals surface area contributed by atoms with Crippen molar-refractivity contribution in [3.05, 3.63) is 30.1 Å². The molecule has 104 valence electrons. The van der Waals surface area contributed by atoms with E-state index in [1.165, 1.54) is 12.1 Å². The van der Waals surface area contributed by atoms with Crippen LogP contribution in [0.5, 0.6) is 0 Å². The van der Waals surface area contributed by atoms with Gasteiger partial charge in [-0.2, -0.15) is 0 Å². The fourth-order valence-corrected chi connectivity index (χ4v) is 2.25. The number of amides is 1. The Hall–Kier alpha value is -1.46. The van der Waals surface area contributed by atoms with E-state index in [0.29, 0.717) is 31.6 Å². The Kier molecular flexibility index (Phi) is 4.50. The topological polar surface area (TPSA) is 52.6 Å². The highest BCUT2D eigenvalue weighted by molar-refractivity contribution is 5.94. The SMILES string of the molecule is CC(C(=O)Nc1cccc(F)c1)N1CCC(O)CC1. The van der Waals surface area contributed by atoms with Crippen LogP contribution in [0.15, 0.2) is 24.3 Å². The van der Waals surface area contributed by atoms with Gasteiger partial charge in [-0.3, -0.25) is 9.69 Å². The van der Waals surface area contributed by atoms with Crippen molar-refractivity contribution in [2.75, 3.05) is 18.4 Å². The van der Waals surface area contributed by atoms with Gasteiger partial charge in [0.25, 0.3) is 0 Å². The molecule has 0 radical (unpaired) electrons. The molecule has 2 N–H and O–H groups in total. The van der Waals surface area contributed by atoms with Crippen molar-refractivity contribution in [2.24, 2.45) is 0 Å². The van der Waals surface area contributed by atoms with Crippen molar-refractivity contribution in [1.82, 2.24) is 4.90 Å². The molecule has 1 amide bonds. The van der Waals surface area contributed by atoms with E-state index in [1.807, 2.05) is 11.8 Å². The molecule has 1 saturated heterocycles. The second kappa shape index (κ2) is 6.12. The van der Waals surface area contributed by atoms with Gasteiger partial charge in [0.2, 0.25) is 5.91 Å². The monoisotopic (exact) mass is 266 g/mol. The molecule has 0 spiro atoms. The second-order valence-electron chi connectivity index (χ2n) is 4.94. The molecule has 19 heavy (non-hydrogen) atoms. The van der Waals surface area contributed by atoms with Gasteiger partial charge in [-0.25, -0.2) is 4.39 Å². The number of piperidine rings is 1. The van der Waals surface area contributed by atoms with Crippen LogP contribution in [0.3, 0.4) is 0 Å². The molecule has 1 unspecified atom stereocenters. The lowest BCUT2D eigenvalue weighted by Gasteiger charge is -2.33. The maximum atomic E-state index is 13.0. The van der Waals surface area contributed by atoms with E-state index in [2.05, 4.69) is 5.32 Å². The van der Waals surface area contributed by atoms with E-state index in [-0.39, 0.29) is 23.9 Å². The summed E-state index contributed by atoms with van der Waals surface area (Å²) in [5, 5.41) is 12.2. The van der Waals surface area contributed by atoms with Gasteiger partial charge in [-0.1, -0.05) is 6.07 Å². The Balaban J connectivity index is 1.92. The lowest BCUT2D eigenvalue weighted by atomic mass is 10.1. The van der Waals surface area contributed by atoms with Gasteiger partial charge in [-0.05, 0) is 38.0 Å². The average Bonchev–Trinajstić information content (AvgIpc) is 2.39. The second-order valence-corrected chi connectivity index (χ2v) is 4.94. The third kappa shape index (κ3) is 3.75. The van der Waals surface area contributed by atoms with Gasteiger partial charge in [-0.15, -0.1) is 0 Å². The number of rotatable bonds is 3. The third-order valence-corrected chi connectivity index (χ3v) is 3.52.